The molecule has 2 rings (SSSR count). The van der Waals surface area contributed by atoms with Gasteiger partial charge in [0.25, 0.3) is 0 Å². The maximum Gasteiger partial charge on any atom is 0.225 e. The third-order valence-corrected chi connectivity index (χ3v) is 3.98. The summed E-state index contributed by atoms with van der Waals surface area (Å²) in [6, 6.07) is 0.388. The smallest absolute Gasteiger partial charge is 0.225 e. The molecule has 2 fully saturated rings. The minimum Gasteiger partial charge on any atom is -0.353 e. The number of hydrogen-bond donors (Lipinski definition) is 2. The lowest BCUT2D eigenvalue weighted by Crippen LogP contribution is -2.55. The van der Waals surface area contributed by atoms with Gasteiger partial charge >= 0.3 is 0 Å². The zero-order valence-electron chi connectivity index (χ0n) is 9.81. The molecule has 0 bridgehead atoms. The summed E-state index contributed by atoms with van der Waals surface area (Å²) >= 11 is 0. The Kier molecular flexibility index (Phi) is 3.01. The number of rotatable bonds is 2. The molecule has 15 heavy (non-hydrogen) atoms. The summed E-state index contributed by atoms with van der Waals surface area (Å²) in [5, 5.41) is 6.37. The summed E-state index contributed by atoms with van der Waals surface area (Å²) in [4.78, 5) is 11.8. The molecule has 86 valence electrons. The van der Waals surface area contributed by atoms with Gasteiger partial charge in [-0.3, -0.25) is 4.79 Å². The van der Waals surface area contributed by atoms with Gasteiger partial charge in [0.1, 0.15) is 0 Å². The Morgan fingerprint density at radius 2 is 2.07 bits per heavy atom. The summed E-state index contributed by atoms with van der Waals surface area (Å²) in [6.07, 6.45) is 4.96. The lowest BCUT2D eigenvalue weighted by molar-refractivity contribution is -0.128. The topological polar surface area (TPSA) is 41.1 Å². The molecular weight excluding hydrogens is 188 g/mol. The highest BCUT2D eigenvalue weighted by Crippen LogP contribution is 2.35. The minimum atomic E-state index is 0.225. The van der Waals surface area contributed by atoms with Gasteiger partial charge < -0.3 is 10.6 Å². The van der Waals surface area contributed by atoms with E-state index >= 15 is 0 Å². The van der Waals surface area contributed by atoms with Gasteiger partial charge in [-0.15, -0.1) is 0 Å². The molecule has 2 N–H and O–H groups in total. The summed E-state index contributed by atoms with van der Waals surface area (Å²) in [5.74, 6) is 0.483. The molecule has 0 aromatic rings. The van der Waals surface area contributed by atoms with Crippen molar-refractivity contribution in [3.05, 3.63) is 0 Å². The summed E-state index contributed by atoms with van der Waals surface area (Å²) < 4.78 is 0. The quantitative estimate of drug-likeness (QED) is 0.721. The standard InChI is InChI=1S/C12H22N2O/c1-12(2)6-4-3-5-10(12)14-11(15)9-7-13-8-9/h9-10,13H,3-8H2,1-2H3,(H,14,15). The van der Waals surface area contributed by atoms with Crippen molar-refractivity contribution in [1.29, 1.82) is 0 Å². The van der Waals surface area contributed by atoms with Crippen LogP contribution in [0.25, 0.3) is 0 Å². The highest BCUT2D eigenvalue weighted by atomic mass is 16.2. The minimum absolute atomic E-state index is 0.225. The first kappa shape index (κ1) is 10.9. The van der Waals surface area contributed by atoms with Crippen LogP contribution in [0.4, 0.5) is 0 Å². The van der Waals surface area contributed by atoms with E-state index in [1.54, 1.807) is 0 Å². The third-order valence-electron chi connectivity index (χ3n) is 3.98. The van der Waals surface area contributed by atoms with Crippen molar-refractivity contribution in [3.63, 3.8) is 0 Å². The predicted molar refractivity (Wildman–Crippen MR) is 60.5 cm³/mol. The van der Waals surface area contributed by atoms with Crippen LogP contribution in [0.15, 0.2) is 0 Å². The molecule has 2 aliphatic rings. The SMILES string of the molecule is CC1(C)CCCCC1NC(=O)C1CNC1. The molecule has 1 unspecified atom stereocenters. The van der Waals surface area contributed by atoms with E-state index in [9.17, 15) is 4.79 Å². The molecule has 0 aromatic carbocycles. The van der Waals surface area contributed by atoms with Crippen molar-refractivity contribution in [2.24, 2.45) is 11.3 Å². The van der Waals surface area contributed by atoms with Crippen molar-refractivity contribution in [1.82, 2.24) is 10.6 Å². The lowest BCUT2D eigenvalue weighted by Gasteiger charge is -2.40. The van der Waals surface area contributed by atoms with E-state index in [2.05, 4.69) is 24.5 Å². The Balaban J connectivity index is 1.88. The highest BCUT2D eigenvalue weighted by Gasteiger charge is 2.35. The van der Waals surface area contributed by atoms with Crippen LogP contribution in [0.1, 0.15) is 39.5 Å². The van der Waals surface area contributed by atoms with Crippen molar-refractivity contribution in [2.45, 2.75) is 45.6 Å². The average Bonchev–Trinajstić information content (AvgIpc) is 2.05. The fourth-order valence-electron chi connectivity index (χ4n) is 2.53. The summed E-state index contributed by atoms with van der Waals surface area (Å²) in [5.41, 5.74) is 0.283. The zero-order chi connectivity index (χ0) is 10.9. The first-order chi connectivity index (χ1) is 7.09. The Morgan fingerprint density at radius 3 is 2.60 bits per heavy atom. The van der Waals surface area contributed by atoms with Crippen LogP contribution in [0.2, 0.25) is 0 Å². The molecule has 0 aromatic heterocycles. The van der Waals surface area contributed by atoms with Gasteiger partial charge in [-0.1, -0.05) is 26.7 Å². The fourth-order valence-corrected chi connectivity index (χ4v) is 2.53. The Bertz CT molecular complexity index is 246. The van der Waals surface area contributed by atoms with E-state index in [-0.39, 0.29) is 17.2 Å². The van der Waals surface area contributed by atoms with Crippen molar-refractivity contribution in [2.75, 3.05) is 13.1 Å². The van der Waals surface area contributed by atoms with Gasteiger partial charge in [-0.2, -0.15) is 0 Å². The highest BCUT2D eigenvalue weighted by molar-refractivity contribution is 5.80. The maximum atomic E-state index is 11.8. The number of carbonyl (C=O) groups excluding carboxylic acids is 1. The van der Waals surface area contributed by atoms with Gasteiger partial charge in [0, 0.05) is 19.1 Å². The van der Waals surface area contributed by atoms with Crippen molar-refractivity contribution < 1.29 is 4.79 Å². The van der Waals surface area contributed by atoms with Gasteiger partial charge in [-0.25, -0.2) is 0 Å². The first-order valence-corrected chi connectivity index (χ1v) is 6.11. The molecule has 1 heterocycles. The molecule has 0 spiro atoms. The number of nitrogens with one attached hydrogen (secondary N) is 2. The second kappa shape index (κ2) is 4.12. The van der Waals surface area contributed by atoms with Crippen molar-refractivity contribution >= 4 is 5.91 Å². The van der Waals surface area contributed by atoms with Crippen molar-refractivity contribution in [3.8, 4) is 0 Å². The molecule has 3 nitrogen and oxygen atoms in total. The Labute approximate surface area is 92.0 Å². The lowest BCUT2D eigenvalue weighted by atomic mass is 9.73. The monoisotopic (exact) mass is 210 g/mol. The third kappa shape index (κ3) is 2.33. The number of amides is 1. The van der Waals surface area contributed by atoms with Crippen LogP contribution in [0.5, 0.6) is 0 Å². The van der Waals surface area contributed by atoms with Gasteiger partial charge in [0.05, 0.1) is 5.92 Å². The van der Waals surface area contributed by atoms with Gasteiger partial charge in [-0.05, 0) is 18.3 Å². The van der Waals surface area contributed by atoms with Crippen LogP contribution in [0.3, 0.4) is 0 Å². The normalized spacial score (nSPS) is 30.7. The van der Waals surface area contributed by atoms with Crippen LogP contribution >= 0.6 is 0 Å². The van der Waals surface area contributed by atoms with E-state index in [0.29, 0.717) is 6.04 Å². The first-order valence-electron chi connectivity index (χ1n) is 6.11. The molecule has 1 atom stereocenters. The van der Waals surface area contributed by atoms with Crippen LogP contribution in [0, 0.1) is 11.3 Å². The Morgan fingerprint density at radius 1 is 1.33 bits per heavy atom. The van der Waals surface area contributed by atoms with Gasteiger partial charge in [0.15, 0.2) is 0 Å². The second-order valence-corrected chi connectivity index (χ2v) is 5.65. The molecule has 3 heteroatoms. The van der Waals surface area contributed by atoms with E-state index in [0.717, 1.165) is 19.5 Å². The predicted octanol–water partition coefficient (Wildman–Crippen LogP) is 1.29. The molecule has 1 amide bonds. The van der Waals surface area contributed by atoms with E-state index in [4.69, 9.17) is 0 Å². The molecule has 1 aliphatic heterocycles. The average molecular weight is 210 g/mol. The molecular formula is C12H22N2O. The van der Waals surface area contributed by atoms with Crippen LogP contribution in [-0.2, 0) is 4.79 Å². The van der Waals surface area contributed by atoms with E-state index in [1.165, 1.54) is 19.3 Å². The fraction of sp³-hybridized carbons (Fsp3) is 0.917. The Hall–Kier alpha value is -0.570. The van der Waals surface area contributed by atoms with E-state index in [1.807, 2.05) is 0 Å². The largest absolute Gasteiger partial charge is 0.353 e. The molecule has 1 saturated heterocycles. The maximum absolute atomic E-state index is 11.8. The molecule has 1 aliphatic carbocycles. The number of hydrogen-bond acceptors (Lipinski definition) is 2. The molecule has 0 radical (unpaired) electrons. The van der Waals surface area contributed by atoms with Crippen LogP contribution < -0.4 is 10.6 Å². The van der Waals surface area contributed by atoms with Crippen LogP contribution in [-0.4, -0.2) is 25.0 Å². The molecule has 1 saturated carbocycles. The summed E-state index contributed by atoms with van der Waals surface area (Å²) in [6.45, 7) is 6.27. The second-order valence-electron chi connectivity index (χ2n) is 5.65. The number of carbonyl (C=O) groups is 1. The zero-order valence-corrected chi connectivity index (χ0v) is 9.81. The summed E-state index contributed by atoms with van der Waals surface area (Å²) in [7, 11) is 0. The van der Waals surface area contributed by atoms with Gasteiger partial charge in [0.2, 0.25) is 5.91 Å². The van der Waals surface area contributed by atoms with E-state index < -0.39 is 0 Å².